The number of nitro groups is 1. The van der Waals surface area contributed by atoms with Crippen LogP contribution in [0.2, 0.25) is 0 Å². The molecule has 2 atom stereocenters. The van der Waals surface area contributed by atoms with Gasteiger partial charge in [-0.25, -0.2) is 0 Å². The number of carboxylic acid groups (broad SMARTS) is 1. The number of likely N-dealkylation sites (tertiary alicyclic amines) is 1. The van der Waals surface area contributed by atoms with Crippen molar-refractivity contribution in [3.63, 3.8) is 0 Å². The lowest BCUT2D eigenvalue weighted by atomic mass is 9.92. The predicted octanol–water partition coefficient (Wildman–Crippen LogP) is 1.55. The Balaban J connectivity index is 1.65. The van der Waals surface area contributed by atoms with Gasteiger partial charge in [0.05, 0.1) is 16.9 Å². The molecule has 0 spiro atoms. The summed E-state index contributed by atoms with van der Waals surface area (Å²) in [6.07, 6.45) is 1.95. The van der Waals surface area contributed by atoms with Crippen LogP contribution in [0.25, 0.3) is 0 Å². The molecule has 0 unspecified atom stereocenters. The summed E-state index contributed by atoms with van der Waals surface area (Å²) in [5.41, 5.74) is -0.458. The van der Waals surface area contributed by atoms with Gasteiger partial charge in [0.1, 0.15) is 18.8 Å². The Labute approximate surface area is 148 Å². The largest absolute Gasteiger partial charge is 0.486 e. The van der Waals surface area contributed by atoms with Crippen molar-refractivity contribution in [1.82, 2.24) is 4.90 Å². The topological polar surface area (TPSA) is 119 Å². The molecule has 1 amide bonds. The molecule has 0 bridgehead atoms. The van der Waals surface area contributed by atoms with Gasteiger partial charge in [0.2, 0.25) is 0 Å². The maximum absolute atomic E-state index is 12.9. The summed E-state index contributed by atoms with van der Waals surface area (Å²) < 4.78 is 10.8. The zero-order valence-electron chi connectivity index (χ0n) is 13.9. The van der Waals surface area contributed by atoms with E-state index in [1.54, 1.807) is 0 Å². The fraction of sp³-hybridized carbons (Fsp3) is 0.529. The number of benzene rings is 1. The monoisotopic (exact) mass is 362 g/mol. The van der Waals surface area contributed by atoms with Gasteiger partial charge in [-0.3, -0.25) is 19.7 Å². The van der Waals surface area contributed by atoms with Crippen LogP contribution in [-0.2, 0) is 4.79 Å². The Morgan fingerprint density at radius 2 is 1.81 bits per heavy atom. The van der Waals surface area contributed by atoms with Crippen molar-refractivity contribution in [2.45, 2.75) is 12.8 Å². The van der Waals surface area contributed by atoms with Crippen LogP contribution in [0, 0.1) is 27.9 Å². The minimum Gasteiger partial charge on any atom is -0.486 e. The summed E-state index contributed by atoms with van der Waals surface area (Å²) in [5, 5.41) is 20.9. The van der Waals surface area contributed by atoms with Crippen LogP contribution in [0.15, 0.2) is 12.1 Å². The lowest BCUT2D eigenvalue weighted by Crippen LogP contribution is -2.30. The Kier molecular flexibility index (Phi) is 3.93. The van der Waals surface area contributed by atoms with E-state index in [0.29, 0.717) is 19.1 Å². The third kappa shape index (κ3) is 2.83. The molecule has 2 fully saturated rings. The fourth-order valence-electron chi connectivity index (χ4n) is 3.83. The van der Waals surface area contributed by atoms with E-state index in [4.69, 9.17) is 9.47 Å². The van der Waals surface area contributed by atoms with Gasteiger partial charge >= 0.3 is 5.97 Å². The highest BCUT2D eigenvalue weighted by molar-refractivity contribution is 5.99. The van der Waals surface area contributed by atoms with Crippen molar-refractivity contribution in [2.24, 2.45) is 17.8 Å². The highest BCUT2D eigenvalue weighted by atomic mass is 16.6. The van der Waals surface area contributed by atoms with E-state index in [0.717, 1.165) is 12.8 Å². The molecule has 2 heterocycles. The zero-order chi connectivity index (χ0) is 18.4. The maximum Gasteiger partial charge on any atom is 0.308 e. The average molecular weight is 362 g/mol. The molecule has 4 rings (SSSR count). The first-order valence-corrected chi connectivity index (χ1v) is 8.56. The Bertz CT molecular complexity index is 790. The summed E-state index contributed by atoms with van der Waals surface area (Å²) in [6.45, 7) is 0.965. The summed E-state index contributed by atoms with van der Waals surface area (Å²) in [4.78, 5) is 36.7. The van der Waals surface area contributed by atoms with Gasteiger partial charge < -0.3 is 19.5 Å². The molecule has 1 N–H and O–H groups in total. The minimum atomic E-state index is -0.922. The molecule has 9 heteroatoms. The molecule has 9 nitrogen and oxygen atoms in total. The van der Waals surface area contributed by atoms with E-state index in [1.807, 2.05) is 0 Å². The average Bonchev–Trinajstić information content (AvgIpc) is 3.37. The molecule has 3 aliphatic rings. The van der Waals surface area contributed by atoms with Crippen LogP contribution < -0.4 is 9.47 Å². The first-order chi connectivity index (χ1) is 12.5. The SMILES string of the molecule is O=C(O)[C@H]1CN(C(=O)c2cc3c(cc2[N+](=O)[O-])OCCO3)C[C@@H]1C1CC1. The molecule has 0 radical (unpaired) electrons. The smallest absolute Gasteiger partial charge is 0.308 e. The van der Waals surface area contributed by atoms with Crippen LogP contribution in [0.5, 0.6) is 11.5 Å². The highest BCUT2D eigenvalue weighted by Crippen LogP contribution is 2.45. The van der Waals surface area contributed by atoms with Gasteiger partial charge in [0, 0.05) is 19.2 Å². The molecule has 0 aromatic heterocycles. The summed E-state index contributed by atoms with van der Waals surface area (Å²) in [5.74, 6) is -1.32. The summed E-state index contributed by atoms with van der Waals surface area (Å²) >= 11 is 0. The number of aliphatic carboxylic acids is 1. The van der Waals surface area contributed by atoms with Gasteiger partial charge in [-0.1, -0.05) is 0 Å². The number of nitro benzene ring substituents is 1. The van der Waals surface area contributed by atoms with E-state index >= 15 is 0 Å². The molecule has 1 saturated heterocycles. The fourth-order valence-corrected chi connectivity index (χ4v) is 3.83. The number of carbonyl (C=O) groups is 2. The molecule has 138 valence electrons. The lowest BCUT2D eigenvalue weighted by Gasteiger charge is -2.21. The number of fused-ring (bicyclic) bond motifs is 1. The van der Waals surface area contributed by atoms with Gasteiger partial charge in [0.25, 0.3) is 11.6 Å². The standard InChI is InChI=1S/C17H18N2O7/c20-16(18-7-11(9-1-2-9)12(8-18)17(21)22)10-5-14-15(26-4-3-25-14)6-13(10)19(23)24/h5-6,9,11-12H,1-4,7-8H2,(H,21,22)/t11-,12+/m1/s1. The van der Waals surface area contributed by atoms with Gasteiger partial charge in [-0.05, 0) is 24.7 Å². The highest BCUT2D eigenvalue weighted by Gasteiger charge is 2.47. The van der Waals surface area contributed by atoms with Crippen LogP contribution in [0.3, 0.4) is 0 Å². The Hall–Kier alpha value is -2.84. The minimum absolute atomic E-state index is 0.0704. The lowest BCUT2D eigenvalue weighted by molar-refractivity contribution is -0.385. The van der Waals surface area contributed by atoms with Crippen molar-refractivity contribution in [1.29, 1.82) is 0 Å². The zero-order valence-corrected chi connectivity index (χ0v) is 13.9. The van der Waals surface area contributed by atoms with Crippen molar-refractivity contribution < 1.29 is 29.1 Å². The Morgan fingerprint density at radius 3 is 2.38 bits per heavy atom. The maximum atomic E-state index is 12.9. The number of rotatable bonds is 4. The van der Waals surface area contributed by atoms with Crippen LogP contribution >= 0.6 is 0 Å². The normalized spacial score (nSPS) is 24.4. The number of amides is 1. The summed E-state index contributed by atoms with van der Waals surface area (Å²) in [7, 11) is 0. The molecule has 1 aromatic carbocycles. The quantitative estimate of drug-likeness (QED) is 0.637. The van der Waals surface area contributed by atoms with Gasteiger partial charge in [-0.2, -0.15) is 0 Å². The first kappa shape index (κ1) is 16.6. The second-order valence-electron chi connectivity index (χ2n) is 6.93. The van der Waals surface area contributed by atoms with Crippen LogP contribution in [0.4, 0.5) is 5.69 Å². The third-order valence-electron chi connectivity index (χ3n) is 5.28. The third-order valence-corrected chi connectivity index (χ3v) is 5.28. The van der Waals surface area contributed by atoms with Gasteiger partial charge in [0.15, 0.2) is 11.5 Å². The van der Waals surface area contributed by atoms with E-state index < -0.39 is 22.7 Å². The van der Waals surface area contributed by atoms with E-state index in [-0.39, 0.29) is 41.8 Å². The summed E-state index contributed by atoms with van der Waals surface area (Å²) in [6, 6.07) is 2.53. The predicted molar refractivity (Wildman–Crippen MR) is 87.3 cm³/mol. The van der Waals surface area contributed by atoms with E-state index in [2.05, 4.69) is 0 Å². The van der Waals surface area contributed by atoms with Crippen molar-refractivity contribution in [2.75, 3.05) is 26.3 Å². The number of nitrogens with zero attached hydrogens (tertiary/aromatic N) is 2. The molecular weight excluding hydrogens is 344 g/mol. The molecular formula is C17H18N2O7. The van der Waals surface area contributed by atoms with Gasteiger partial charge in [-0.15, -0.1) is 0 Å². The second kappa shape index (κ2) is 6.15. The van der Waals surface area contributed by atoms with Crippen molar-refractivity contribution in [3.8, 4) is 11.5 Å². The number of hydrogen-bond donors (Lipinski definition) is 1. The van der Waals surface area contributed by atoms with Crippen molar-refractivity contribution >= 4 is 17.6 Å². The van der Waals surface area contributed by atoms with E-state index in [1.165, 1.54) is 17.0 Å². The van der Waals surface area contributed by atoms with Crippen LogP contribution in [-0.4, -0.2) is 53.1 Å². The molecule has 1 aliphatic carbocycles. The first-order valence-electron chi connectivity index (χ1n) is 8.56. The van der Waals surface area contributed by atoms with E-state index in [9.17, 15) is 24.8 Å². The van der Waals surface area contributed by atoms with Crippen molar-refractivity contribution in [3.05, 3.63) is 27.8 Å². The molecule has 1 saturated carbocycles. The molecule has 26 heavy (non-hydrogen) atoms. The number of carboxylic acids is 1. The number of hydrogen-bond acceptors (Lipinski definition) is 6. The van der Waals surface area contributed by atoms with Crippen LogP contribution in [0.1, 0.15) is 23.2 Å². The second-order valence-corrected chi connectivity index (χ2v) is 6.93. The number of ether oxygens (including phenoxy) is 2. The molecule has 2 aliphatic heterocycles. The number of carbonyl (C=O) groups excluding carboxylic acids is 1. The Morgan fingerprint density at radius 1 is 1.15 bits per heavy atom. The molecule has 1 aromatic rings.